The van der Waals surface area contributed by atoms with E-state index in [0.29, 0.717) is 11.4 Å². The van der Waals surface area contributed by atoms with Gasteiger partial charge in [-0.2, -0.15) is 0 Å². The number of aryl methyl sites for hydroxylation is 1. The molecule has 2 aromatic rings. The van der Waals surface area contributed by atoms with Crippen LogP contribution in [0.25, 0.3) is 0 Å². The lowest BCUT2D eigenvalue weighted by molar-refractivity contribution is -0.389. The average Bonchev–Trinajstić information content (AvgIpc) is 2.88. The molecule has 24 heavy (non-hydrogen) atoms. The van der Waals surface area contributed by atoms with Gasteiger partial charge in [0.05, 0.1) is 12.5 Å². The number of nitrogens with zero attached hydrogens (tertiary/aromatic N) is 3. The molecule has 0 bridgehead atoms. The lowest BCUT2D eigenvalue weighted by Gasteiger charge is -2.17. The predicted molar refractivity (Wildman–Crippen MR) is 83.2 cm³/mol. The van der Waals surface area contributed by atoms with E-state index in [4.69, 9.17) is 5.11 Å². The molecule has 1 heterocycles. The van der Waals surface area contributed by atoms with E-state index < -0.39 is 22.8 Å². The maximum atomic E-state index is 12.2. The second-order valence-corrected chi connectivity index (χ2v) is 5.16. The first-order chi connectivity index (χ1) is 11.4. The van der Waals surface area contributed by atoms with Gasteiger partial charge in [0.15, 0.2) is 0 Å². The molecule has 126 valence electrons. The molecule has 1 aromatic heterocycles. The molecular weight excluding hydrogens is 316 g/mol. The normalized spacial score (nSPS) is 11.7. The number of hydrogen-bond acceptors (Lipinski definition) is 5. The molecule has 0 spiro atoms. The Bertz CT molecular complexity index is 756. The van der Waals surface area contributed by atoms with E-state index in [1.54, 1.807) is 37.3 Å². The van der Waals surface area contributed by atoms with Gasteiger partial charge in [0.2, 0.25) is 11.7 Å². The molecule has 0 saturated heterocycles. The quantitative estimate of drug-likeness (QED) is 0.583. The maximum absolute atomic E-state index is 12.2. The summed E-state index contributed by atoms with van der Waals surface area (Å²) in [5, 5.41) is 22.4. The third-order valence-corrected chi connectivity index (χ3v) is 3.38. The maximum Gasteiger partial charge on any atom is 0.381 e. The zero-order chi connectivity index (χ0) is 17.7. The van der Waals surface area contributed by atoms with Crippen LogP contribution in [-0.2, 0) is 16.1 Å². The highest BCUT2D eigenvalue weighted by Gasteiger charge is 2.21. The third-order valence-electron chi connectivity index (χ3n) is 3.38. The van der Waals surface area contributed by atoms with Crippen LogP contribution in [0.15, 0.2) is 36.5 Å². The van der Waals surface area contributed by atoms with Crippen LogP contribution in [-0.4, -0.2) is 31.5 Å². The number of rotatable bonds is 7. The Morgan fingerprint density at radius 3 is 2.58 bits per heavy atom. The van der Waals surface area contributed by atoms with Gasteiger partial charge in [-0.25, -0.2) is 0 Å². The Labute approximate surface area is 137 Å². The number of hydrogen-bond donors (Lipinski definition) is 2. The van der Waals surface area contributed by atoms with Gasteiger partial charge in [-0.3, -0.25) is 14.2 Å². The van der Waals surface area contributed by atoms with Crippen LogP contribution < -0.4 is 5.32 Å². The van der Waals surface area contributed by atoms with Crippen LogP contribution in [0.3, 0.4) is 0 Å². The SMILES string of the molecule is Cc1nc([N+](=O)[O-])cn1CC(=O)NC(CC(=O)O)c1ccccc1. The number of amides is 1. The molecular formula is C15H16N4O5. The molecule has 9 heteroatoms. The molecule has 1 unspecified atom stereocenters. The largest absolute Gasteiger partial charge is 0.481 e. The summed E-state index contributed by atoms with van der Waals surface area (Å²) in [5.41, 5.74) is 0.668. The zero-order valence-corrected chi connectivity index (χ0v) is 12.9. The monoisotopic (exact) mass is 332 g/mol. The number of carbonyl (C=O) groups excluding carboxylic acids is 1. The summed E-state index contributed by atoms with van der Waals surface area (Å²) in [7, 11) is 0. The second-order valence-electron chi connectivity index (χ2n) is 5.16. The van der Waals surface area contributed by atoms with Crippen LogP contribution in [0.5, 0.6) is 0 Å². The lowest BCUT2D eigenvalue weighted by Crippen LogP contribution is -2.33. The molecule has 1 aromatic carbocycles. The Kier molecular flexibility index (Phi) is 5.25. The molecule has 0 aliphatic heterocycles. The van der Waals surface area contributed by atoms with Gasteiger partial charge in [0, 0.05) is 6.92 Å². The lowest BCUT2D eigenvalue weighted by atomic mass is 10.0. The average molecular weight is 332 g/mol. The molecule has 2 rings (SSSR count). The van der Waals surface area contributed by atoms with Gasteiger partial charge in [-0.15, -0.1) is 0 Å². The van der Waals surface area contributed by atoms with Crippen LogP contribution >= 0.6 is 0 Å². The number of carboxylic acids is 1. The van der Waals surface area contributed by atoms with Crippen molar-refractivity contribution in [2.75, 3.05) is 0 Å². The highest BCUT2D eigenvalue weighted by atomic mass is 16.6. The number of benzene rings is 1. The summed E-state index contributed by atoms with van der Waals surface area (Å²) in [5.74, 6) is -1.52. The number of aromatic nitrogens is 2. The van der Waals surface area contributed by atoms with Crippen LogP contribution in [0.4, 0.5) is 5.82 Å². The number of carbonyl (C=O) groups is 2. The van der Waals surface area contributed by atoms with Crippen molar-refractivity contribution in [3.8, 4) is 0 Å². The van der Waals surface area contributed by atoms with Gasteiger partial charge in [0.1, 0.15) is 12.7 Å². The van der Waals surface area contributed by atoms with Crippen molar-refractivity contribution in [2.45, 2.75) is 25.9 Å². The number of aliphatic carboxylic acids is 1. The summed E-state index contributed by atoms with van der Waals surface area (Å²) < 4.78 is 1.34. The fraction of sp³-hybridized carbons (Fsp3) is 0.267. The van der Waals surface area contributed by atoms with E-state index in [-0.39, 0.29) is 18.8 Å². The molecule has 0 aliphatic carbocycles. The second kappa shape index (κ2) is 7.36. The summed E-state index contributed by atoms with van der Waals surface area (Å²) in [4.78, 5) is 37.0. The van der Waals surface area contributed by atoms with Gasteiger partial charge >= 0.3 is 11.8 Å². The van der Waals surface area contributed by atoms with E-state index in [1.165, 1.54) is 10.8 Å². The molecule has 1 amide bonds. The summed E-state index contributed by atoms with van der Waals surface area (Å²) in [6.07, 6.45) is 0.905. The Morgan fingerprint density at radius 2 is 2.04 bits per heavy atom. The minimum atomic E-state index is -1.04. The first-order valence-electron chi connectivity index (χ1n) is 7.11. The summed E-state index contributed by atoms with van der Waals surface area (Å²) >= 11 is 0. The topological polar surface area (TPSA) is 127 Å². The van der Waals surface area contributed by atoms with Crippen LogP contribution in [0.1, 0.15) is 23.9 Å². The predicted octanol–water partition coefficient (Wildman–Crippen LogP) is 1.43. The number of imidazole rings is 1. The Morgan fingerprint density at radius 1 is 1.38 bits per heavy atom. The van der Waals surface area contributed by atoms with Crippen molar-refractivity contribution in [1.29, 1.82) is 0 Å². The first kappa shape index (κ1) is 17.1. The van der Waals surface area contributed by atoms with Crippen LogP contribution in [0.2, 0.25) is 0 Å². The third kappa shape index (κ3) is 4.38. The molecule has 0 saturated carbocycles. The van der Waals surface area contributed by atoms with E-state index in [2.05, 4.69) is 10.3 Å². The standard InChI is InChI=1S/C15H16N4O5/c1-10-16-13(19(23)24)8-18(10)9-14(20)17-12(7-15(21)22)11-5-3-2-4-6-11/h2-6,8,12H,7,9H2,1H3,(H,17,20)(H,21,22). The van der Waals surface area contributed by atoms with Gasteiger partial charge in [-0.05, 0) is 15.5 Å². The van der Waals surface area contributed by atoms with Gasteiger partial charge in [-0.1, -0.05) is 30.3 Å². The number of nitro groups is 1. The van der Waals surface area contributed by atoms with E-state index in [0.717, 1.165) is 0 Å². The summed E-state index contributed by atoms with van der Waals surface area (Å²) in [6.45, 7) is 1.36. The highest BCUT2D eigenvalue weighted by molar-refractivity contribution is 5.77. The van der Waals surface area contributed by atoms with Gasteiger partial charge < -0.3 is 20.5 Å². The minimum absolute atomic E-state index is 0.185. The van der Waals surface area contributed by atoms with Crippen molar-refractivity contribution in [2.24, 2.45) is 0 Å². The first-order valence-corrected chi connectivity index (χ1v) is 7.11. The van der Waals surface area contributed by atoms with Crippen molar-refractivity contribution in [3.05, 3.63) is 58.0 Å². The fourth-order valence-electron chi connectivity index (χ4n) is 2.25. The summed E-state index contributed by atoms with van der Waals surface area (Å²) in [6, 6.07) is 8.05. The number of nitrogens with one attached hydrogen (secondary N) is 1. The van der Waals surface area contributed by atoms with Gasteiger partial charge in [0.25, 0.3) is 0 Å². The molecule has 0 radical (unpaired) electrons. The molecule has 0 aliphatic rings. The number of carboxylic acid groups (broad SMARTS) is 1. The van der Waals surface area contributed by atoms with E-state index in [1.807, 2.05) is 0 Å². The molecule has 1 atom stereocenters. The minimum Gasteiger partial charge on any atom is -0.481 e. The fourth-order valence-corrected chi connectivity index (χ4v) is 2.25. The zero-order valence-electron chi connectivity index (χ0n) is 12.9. The Balaban J connectivity index is 2.10. The Hall–Kier alpha value is -3.23. The van der Waals surface area contributed by atoms with Crippen LogP contribution in [0, 0.1) is 17.0 Å². The van der Waals surface area contributed by atoms with Crippen molar-refractivity contribution in [1.82, 2.24) is 14.9 Å². The highest BCUT2D eigenvalue weighted by Crippen LogP contribution is 2.17. The van der Waals surface area contributed by atoms with Crippen molar-refractivity contribution in [3.63, 3.8) is 0 Å². The smallest absolute Gasteiger partial charge is 0.381 e. The van der Waals surface area contributed by atoms with Crippen molar-refractivity contribution < 1.29 is 19.6 Å². The molecule has 2 N–H and O–H groups in total. The molecule has 0 fully saturated rings. The van der Waals surface area contributed by atoms with E-state index in [9.17, 15) is 19.7 Å². The van der Waals surface area contributed by atoms with E-state index >= 15 is 0 Å². The van der Waals surface area contributed by atoms with Crippen molar-refractivity contribution >= 4 is 17.7 Å². The molecule has 9 nitrogen and oxygen atoms in total.